The van der Waals surface area contributed by atoms with Gasteiger partial charge < -0.3 is 14.7 Å². The van der Waals surface area contributed by atoms with Gasteiger partial charge in [0.05, 0.1) is 11.4 Å². The first-order chi connectivity index (χ1) is 15.5. The van der Waals surface area contributed by atoms with Crippen LogP contribution in [0.4, 0.5) is 0 Å². The van der Waals surface area contributed by atoms with Crippen LogP contribution < -0.4 is 0 Å². The van der Waals surface area contributed by atoms with Crippen LogP contribution in [0.15, 0.2) is 72.8 Å². The maximum atomic E-state index is 11.4. The zero-order valence-electron chi connectivity index (χ0n) is 17.3. The summed E-state index contributed by atoms with van der Waals surface area (Å²) in [5.74, 6) is 0.182. The number of halogens is 1. The highest BCUT2D eigenvalue weighted by atomic mass is 35.5. The van der Waals surface area contributed by atoms with E-state index < -0.39 is 0 Å². The highest BCUT2D eigenvalue weighted by Gasteiger charge is 2.34. The fourth-order valence-corrected chi connectivity index (χ4v) is 5.45. The van der Waals surface area contributed by atoms with Gasteiger partial charge in [-0.2, -0.15) is 0 Å². The number of H-pyrrole nitrogens is 1. The molecule has 0 bridgehead atoms. The second-order valence-corrected chi connectivity index (χ2v) is 9.09. The molecule has 0 saturated carbocycles. The van der Waals surface area contributed by atoms with E-state index >= 15 is 0 Å². The van der Waals surface area contributed by atoms with Crippen LogP contribution in [0.1, 0.15) is 34.1 Å². The Bertz CT molecular complexity index is 1560. The molecule has 1 aliphatic rings. The second kappa shape index (κ2) is 7.12. The lowest BCUT2D eigenvalue weighted by molar-refractivity contribution is 0.433. The molecule has 0 saturated heterocycles. The van der Waals surface area contributed by atoms with Gasteiger partial charge in [0, 0.05) is 28.0 Å². The number of rotatable bonds is 2. The van der Waals surface area contributed by atoms with E-state index in [-0.39, 0.29) is 11.9 Å². The van der Waals surface area contributed by atoms with Crippen molar-refractivity contribution in [1.82, 2.24) is 14.1 Å². The molecule has 6 heteroatoms. The van der Waals surface area contributed by atoms with Crippen LogP contribution in [0.2, 0.25) is 5.02 Å². The monoisotopic (exact) mass is 457 g/mol. The Kier molecular flexibility index (Phi) is 4.32. The minimum atomic E-state index is -0.218. The maximum absolute atomic E-state index is 11.4. The standard InChI is InChI=1S/C26H20ClN3OS/c1-15-9-11-18(12-10-15)29-25(31)22-14-20-19-7-2-3-8-21(19)28-23(20)24(30(22)26(29)32)16-5-4-6-17(27)13-16/h2-13,24,28,31H,14H2,1H3. The maximum Gasteiger partial charge on any atom is 0.218 e. The average Bonchev–Trinajstić information content (AvgIpc) is 3.28. The number of aromatic hydroxyl groups is 1. The van der Waals surface area contributed by atoms with Crippen molar-refractivity contribution < 1.29 is 5.11 Å². The molecule has 1 unspecified atom stereocenters. The van der Waals surface area contributed by atoms with E-state index in [2.05, 4.69) is 27.8 Å². The van der Waals surface area contributed by atoms with Gasteiger partial charge in [-0.25, -0.2) is 0 Å². The number of aryl methyl sites for hydroxylation is 1. The molecule has 2 N–H and O–H groups in total. The van der Waals surface area contributed by atoms with Gasteiger partial charge in [0.2, 0.25) is 5.88 Å². The summed E-state index contributed by atoms with van der Waals surface area (Å²) < 4.78 is 4.37. The molecule has 2 aromatic heterocycles. The molecule has 0 aliphatic carbocycles. The number of imidazole rings is 1. The fraction of sp³-hybridized carbons (Fsp3) is 0.115. The highest BCUT2D eigenvalue weighted by Crippen LogP contribution is 2.43. The molecular weight excluding hydrogens is 438 g/mol. The summed E-state index contributed by atoms with van der Waals surface area (Å²) >= 11 is 12.3. The minimum absolute atomic E-state index is 0.182. The van der Waals surface area contributed by atoms with E-state index in [4.69, 9.17) is 23.8 Å². The molecule has 5 aromatic rings. The zero-order chi connectivity index (χ0) is 22.0. The predicted octanol–water partition coefficient (Wildman–Crippen LogP) is 6.70. The van der Waals surface area contributed by atoms with Gasteiger partial charge >= 0.3 is 0 Å². The number of hydrogen-bond donors (Lipinski definition) is 2. The van der Waals surface area contributed by atoms with Crippen molar-refractivity contribution in [2.45, 2.75) is 19.4 Å². The number of hydrogen-bond acceptors (Lipinski definition) is 2. The quantitative estimate of drug-likeness (QED) is 0.284. The van der Waals surface area contributed by atoms with Gasteiger partial charge in [0.1, 0.15) is 6.04 Å². The number of aromatic amines is 1. The molecule has 1 atom stereocenters. The lowest BCUT2D eigenvalue weighted by Gasteiger charge is -2.26. The second-order valence-electron chi connectivity index (χ2n) is 8.29. The summed E-state index contributed by atoms with van der Waals surface area (Å²) in [6, 6.07) is 23.9. The van der Waals surface area contributed by atoms with Crippen molar-refractivity contribution in [2.75, 3.05) is 0 Å². The van der Waals surface area contributed by atoms with Crippen LogP contribution in [-0.2, 0) is 6.42 Å². The highest BCUT2D eigenvalue weighted by molar-refractivity contribution is 7.71. The Morgan fingerprint density at radius 3 is 2.59 bits per heavy atom. The Balaban J connectivity index is 1.67. The van der Waals surface area contributed by atoms with E-state index in [1.165, 1.54) is 5.56 Å². The van der Waals surface area contributed by atoms with Gasteiger partial charge in [-0.3, -0.25) is 4.57 Å². The third-order valence-electron chi connectivity index (χ3n) is 6.34. The molecule has 0 fully saturated rings. The first-order valence-corrected chi connectivity index (χ1v) is 11.3. The first kappa shape index (κ1) is 19.4. The fourth-order valence-electron chi connectivity index (χ4n) is 4.84. The third-order valence-corrected chi connectivity index (χ3v) is 6.95. The van der Waals surface area contributed by atoms with Crippen LogP contribution in [0.25, 0.3) is 16.6 Å². The molecule has 0 amide bonds. The van der Waals surface area contributed by atoms with Crippen LogP contribution >= 0.6 is 23.8 Å². The van der Waals surface area contributed by atoms with Crippen molar-refractivity contribution in [2.24, 2.45) is 0 Å². The topological polar surface area (TPSA) is 45.9 Å². The Hall–Kier alpha value is -3.28. The van der Waals surface area contributed by atoms with Gasteiger partial charge in [-0.1, -0.05) is 59.6 Å². The number of nitrogens with one attached hydrogen (secondary N) is 1. The third kappa shape index (κ3) is 2.78. The first-order valence-electron chi connectivity index (χ1n) is 10.5. The average molecular weight is 458 g/mol. The Labute approximate surface area is 195 Å². The molecule has 32 heavy (non-hydrogen) atoms. The molecule has 1 aliphatic heterocycles. The molecule has 6 rings (SSSR count). The lowest BCUT2D eigenvalue weighted by atomic mass is 9.93. The van der Waals surface area contributed by atoms with E-state index in [1.807, 2.05) is 61.5 Å². The predicted molar refractivity (Wildman–Crippen MR) is 131 cm³/mol. The van der Waals surface area contributed by atoms with Crippen molar-refractivity contribution in [3.05, 3.63) is 111 Å². The molecule has 0 radical (unpaired) electrons. The van der Waals surface area contributed by atoms with E-state index in [0.717, 1.165) is 39.1 Å². The summed E-state index contributed by atoms with van der Waals surface area (Å²) in [4.78, 5) is 3.63. The summed E-state index contributed by atoms with van der Waals surface area (Å²) in [5, 5.41) is 13.2. The van der Waals surface area contributed by atoms with E-state index in [1.54, 1.807) is 4.57 Å². The number of benzene rings is 3. The lowest BCUT2D eigenvalue weighted by Crippen LogP contribution is -2.21. The van der Waals surface area contributed by atoms with Crippen molar-refractivity contribution >= 4 is 34.7 Å². The summed E-state index contributed by atoms with van der Waals surface area (Å²) in [7, 11) is 0. The molecule has 0 spiro atoms. The zero-order valence-corrected chi connectivity index (χ0v) is 18.9. The van der Waals surface area contributed by atoms with Crippen molar-refractivity contribution in [3.63, 3.8) is 0 Å². The SMILES string of the molecule is Cc1ccc(-n2c(O)c3n(c2=S)C(c2cccc(Cl)c2)c2[nH]c4ccccc4c2C3)cc1. The number of aromatic nitrogens is 3. The normalized spacial score (nSPS) is 15.0. The number of fused-ring (bicyclic) bond motifs is 4. The molecule has 158 valence electrons. The Morgan fingerprint density at radius 2 is 1.81 bits per heavy atom. The Morgan fingerprint density at radius 1 is 1.03 bits per heavy atom. The molecular formula is C26H20ClN3OS. The summed E-state index contributed by atoms with van der Waals surface area (Å²) in [6.45, 7) is 2.04. The van der Waals surface area contributed by atoms with Gasteiger partial charge in [0.25, 0.3) is 0 Å². The number of nitrogens with zero attached hydrogens (tertiary/aromatic N) is 2. The van der Waals surface area contributed by atoms with Crippen LogP contribution in [0.3, 0.4) is 0 Å². The molecule has 4 nitrogen and oxygen atoms in total. The van der Waals surface area contributed by atoms with Gasteiger partial charge in [0.15, 0.2) is 4.77 Å². The van der Waals surface area contributed by atoms with E-state index in [9.17, 15) is 5.11 Å². The number of para-hydroxylation sites is 1. The van der Waals surface area contributed by atoms with Gasteiger partial charge in [-0.15, -0.1) is 0 Å². The molecule has 3 heterocycles. The smallest absolute Gasteiger partial charge is 0.218 e. The minimum Gasteiger partial charge on any atom is -0.493 e. The van der Waals surface area contributed by atoms with Gasteiger partial charge in [-0.05, 0) is 60.6 Å². The summed E-state index contributed by atoms with van der Waals surface area (Å²) in [6.07, 6.45) is 0.588. The van der Waals surface area contributed by atoms with Crippen LogP contribution in [0.5, 0.6) is 5.88 Å². The van der Waals surface area contributed by atoms with Crippen molar-refractivity contribution in [1.29, 1.82) is 0 Å². The van der Waals surface area contributed by atoms with Crippen LogP contribution in [-0.4, -0.2) is 19.2 Å². The molecule has 3 aromatic carbocycles. The van der Waals surface area contributed by atoms with Crippen molar-refractivity contribution in [3.8, 4) is 11.6 Å². The van der Waals surface area contributed by atoms with E-state index in [0.29, 0.717) is 16.2 Å². The summed E-state index contributed by atoms with van der Waals surface area (Å²) in [5.41, 5.74) is 7.16. The van der Waals surface area contributed by atoms with Crippen LogP contribution in [0, 0.1) is 11.7 Å². The largest absolute Gasteiger partial charge is 0.493 e.